The van der Waals surface area contributed by atoms with Crippen molar-refractivity contribution in [3.05, 3.63) is 46.7 Å². The van der Waals surface area contributed by atoms with Crippen LogP contribution in [-0.4, -0.2) is 35.0 Å². The minimum atomic E-state index is -1.16. The standard InChI is InChI=1S/C18H21N3O4S/c1-12(22)20-14-4-3-5-15(8-14)21-17(24)16(23)19-11-18(2,25)9-13-6-7-26-10-13/h3-8,10,25H,9,11H2,1-2H3,(H,19,23)(H,20,22)(H,21,24). The van der Waals surface area contributed by atoms with Gasteiger partial charge in [-0.25, -0.2) is 0 Å². The summed E-state index contributed by atoms with van der Waals surface area (Å²) in [6, 6.07) is 8.35. The highest BCUT2D eigenvalue weighted by molar-refractivity contribution is 7.07. The molecule has 138 valence electrons. The third-order valence-electron chi connectivity index (χ3n) is 3.44. The monoisotopic (exact) mass is 375 g/mol. The lowest BCUT2D eigenvalue weighted by molar-refractivity contribution is -0.136. The Morgan fingerprint density at radius 3 is 2.42 bits per heavy atom. The average molecular weight is 375 g/mol. The lowest BCUT2D eigenvalue weighted by Gasteiger charge is -2.23. The summed E-state index contributed by atoms with van der Waals surface area (Å²) in [5, 5.41) is 21.7. The topological polar surface area (TPSA) is 108 Å². The molecular formula is C18H21N3O4S. The summed E-state index contributed by atoms with van der Waals surface area (Å²) in [6.07, 6.45) is 0.372. The van der Waals surface area contributed by atoms with E-state index in [1.165, 1.54) is 18.3 Å². The van der Waals surface area contributed by atoms with Crippen LogP contribution in [0.15, 0.2) is 41.1 Å². The zero-order valence-corrected chi connectivity index (χ0v) is 15.4. The molecule has 0 aliphatic carbocycles. The highest BCUT2D eigenvalue weighted by Gasteiger charge is 2.24. The van der Waals surface area contributed by atoms with Gasteiger partial charge in [-0.3, -0.25) is 14.4 Å². The zero-order valence-electron chi connectivity index (χ0n) is 14.5. The summed E-state index contributed by atoms with van der Waals surface area (Å²) in [6.45, 7) is 2.92. The largest absolute Gasteiger partial charge is 0.388 e. The maximum absolute atomic E-state index is 12.0. The number of anilines is 2. The van der Waals surface area contributed by atoms with Gasteiger partial charge in [-0.15, -0.1) is 0 Å². The maximum Gasteiger partial charge on any atom is 0.313 e. The van der Waals surface area contributed by atoms with Crippen molar-refractivity contribution >= 4 is 40.4 Å². The highest BCUT2D eigenvalue weighted by atomic mass is 32.1. The molecule has 1 atom stereocenters. The highest BCUT2D eigenvalue weighted by Crippen LogP contribution is 2.16. The fourth-order valence-electron chi connectivity index (χ4n) is 2.31. The summed E-state index contributed by atoms with van der Waals surface area (Å²) in [4.78, 5) is 35.0. The fraction of sp³-hybridized carbons (Fsp3) is 0.278. The van der Waals surface area contributed by atoms with Gasteiger partial charge in [0.25, 0.3) is 0 Å². The number of carbonyl (C=O) groups is 3. The zero-order chi connectivity index (χ0) is 19.2. The molecule has 2 rings (SSSR count). The van der Waals surface area contributed by atoms with Crippen LogP contribution in [0, 0.1) is 0 Å². The van der Waals surface area contributed by atoms with Crippen LogP contribution < -0.4 is 16.0 Å². The second-order valence-corrected chi connectivity index (χ2v) is 6.98. The predicted octanol–water partition coefficient (Wildman–Crippen LogP) is 1.75. The Bertz CT molecular complexity index is 787. The van der Waals surface area contributed by atoms with Crippen molar-refractivity contribution in [2.24, 2.45) is 0 Å². The minimum absolute atomic E-state index is 0.0545. The predicted molar refractivity (Wildman–Crippen MR) is 101 cm³/mol. The molecule has 0 spiro atoms. The Morgan fingerprint density at radius 2 is 1.81 bits per heavy atom. The van der Waals surface area contributed by atoms with Gasteiger partial charge in [0, 0.05) is 31.3 Å². The molecule has 0 radical (unpaired) electrons. The van der Waals surface area contributed by atoms with Gasteiger partial charge in [-0.1, -0.05) is 6.07 Å². The second-order valence-electron chi connectivity index (χ2n) is 6.20. The van der Waals surface area contributed by atoms with E-state index in [-0.39, 0.29) is 12.5 Å². The summed E-state index contributed by atoms with van der Waals surface area (Å²) in [5.74, 6) is -1.93. The van der Waals surface area contributed by atoms with Crippen molar-refractivity contribution in [3.8, 4) is 0 Å². The van der Waals surface area contributed by atoms with Crippen molar-refractivity contribution in [2.75, 3.05) is 17.2 Å². The van der Waals surface area contributed by atoms with Crippen LogP contribution in [0.5, 0.6) is 0 Å². The number of hydrogen-bond donors (Lipinski definition) is 4. The molecule has 2 aromatic rings. The van der Waals surface area contributed by atoms with Crippen molar-refractivity contribution in [1.29, 1.82) is 0 Å². The van der Waals surface area contributed by atoms with Crippen molar-refractivity contribution in [3.63, 3.8) is 0 Å². The van der Waals surface area contributed by atoms with Crippen molar-refractivity contribution in [2.45, 2.75) is 25.9 Å². The Balaban J connectivity index is 1.87. The van der Waals surface area contributed by atoms with Gasteiger partial charge in [0.15, 0.2) is 0 Å². The molecule has 26 heavy (non-hydrogen) atoms. The van der Waals surface area contributed by atoms with Crippen molar-refractivity contribution < 1.29 is 19.5 Å². The van der Waals surface area contributed by atoms with Gasteiger partial charge in [0.1, 0.15) is 0 Å². The Kier molecular flexibility index (Phi) is 6.48. The van der Waals surface area contributed by atoms with Gasteiger partial charge < -0.3 is 21.1 Å². The molecule has 0 saturated heterocycles. The molecule has 3 amide bonds. The summed E-state index contributed by atoms with van der Waals surface area (Å²) >= 11 is 1.53. The van der Waals surface area contributed by atoms with Crippen LogP contribution >= 0.6 is 11.3 Å². The molecule has 4 N–H and O–H groups in total. The normalized spacial score (nSPS) is 12.7. The number of aliphatic hydroxyl groups is 1. The van der Waals surface area contributed by atoms with E-state index < -0.39 is 17.4 Å². The lowest BCUT2D eigenvalue weighted by Crippen LogP contribution is -2.45. The molecule has 1 aromatic heterocycles. The average Bonchev–Trinajstić information content (AvgIpc) is 3.04. The first-order valence-corrected chi connectivity index (χ1v) is 8.90. The molecule has 0 fully saturated rings. The number of benzene rings is 1. The Morgan fingerprint density at radius 1 is 1.12 bits per heavy atom. The number of nitrogens with one attached hydrogen (secondary N) is 3. The number of thiophene rings is 1. The van der Waals surface area contributed by atoms with E-state index in [0.717, 1.165) is 5.56 Å². The Hall–Kier alpha value is -2.71. The van der Waals surface area contributed by atoms with Crippen molar-refractivity contribution in [1.82, 2.24) is 5.32 Å². The molecule has 7 nitrogen and oxygen atoms in total. The number of hydrogen-bond acceptors (Lipinski definition) is 5. The first-order valence-electron chi connectivity index (χ1n) is 7.95. The van der Waals surface area contributed by atoms with E-state index in [0.29, 0.717) is 17.8 Å². The second kappa shape index (κ2) is 8.59. The van der Waals surface area contributed by atoms with Crippen LogP contribution in [0.3, 0.4) is 0 Å². The van der Waals surface area contributed by atoms with Gasteiger partial charge in [0.05, 0.1) is 5.60 Å². The summed E-state index contributed by atoms with van der Waals surface area (Å²) < 4.78 is 0. The van der Waals surface area contributed by atoms with E-state index in [1.54, 1.807) is 31.2 Å². The Labute approximate surface area is 155 Å². The molecule has 1 unspecified atom stereocenters. The summed E-state index contributed by atoms with van der Waals surface area (Å²) in [5.41, 5.74) is 0.687. The molecule has 0 saturated carbocycles. The maximum atomic E-state index is 12.0. The van der Waals surface area contributed by atoms with Crippen LogP contribution in [0.2, 0.25) is 0 Å². The number of rotatable bonds is 6. The van der Waals surface area contributed by atoms with Crippen LogP contribution in [0.25, 0.3) is 0 Å². The van der Waals surface area contributed by atoms with Gasteiger partial charge in [-0.2, -0.15) is 11.3 Å². The van der Waals surface area contributed by atoms with Gasteiger partial charge in [-0.05, 0) is 47.5 Å². The molecule has 0 bridgehead atoms. The van der Waals surface area contributed by atoms with Crippen LogP contribution in [0.4, 0.5) is 11.4 Å². The SMILES string of the molecule is CC(=O)Nc1cccc(NC(=O)C(=O)NCC(C)(O)Cc2ccsc2)c1. The van der Waals surface area contributed by atoms with E-state index >= 15 is 0 Å². The quantitative estimate of drug-likeness (QED) is 0.577. The molecule has 1 heterocycles. The van der Waals surface area contributed by atoms with E-state index in [4.69, 9.17) is 0 Å². The molecule has 8 heteroatoms. The third kappa shape index (κ3) is 6.30. The van der Waals surface area contributed by atoms with Crippen LogP contribution in [0.1, 0.15) is 19.4 Å². The van der Waals surface area contributed by atoms with E-state index in [1.807, 2.05) is 16.8 Å². The molecule has 1 aromatic carbocycles. The first kappa shape index (κ1) is 19.6. The van der Waals surface area contributed by atoms with Gasteiger partial charge >= 0.3 is 11.8 Å². The molecule has 0 aliphatic rings. The first-order chi connectivity index (χ1) is 12.2. The molecule has 0 aliphatic heterocycles. The van der Waals surface area contributed by atoms with E-state index in [2.05, 4.69) is 16.0 Å². The van der Waals surface area contributed by atoms with E-state index in [9.17, 15) is 19.5 Å². The third-order valence-corrected chi connectivity index (χ3v) is 4.17. The molecular weight excluding hydrogens is 354 g/mol. The summed E-state index contributed by atoms with van der Waals surface area (Å²) in [7, 11) is 0. The number of carbonyl (C=O) groups excluding carboxylic acids is 3. The fourth-order valence-corrected chi connectivity index (χ4v) is 2.98. The lowest BCUT2D eigenvalue weighted by atomic mass is 9.98. The van der Waals surface area contributed by atoms with Crippen LogP contribution in [-0.2, 0) is 20.8 Å². The minimum Gasteiger partial charge on any atom is -0.388 e. The smallest absolute Gasteiger partial charge is 0.313 e. The van der Waals surface area contributed by atoms with Gasteiger partial charge in [0.2, 0.25) is 5.91 Å². The number of amides is 3.